The van der Waals surface area contributed by atoms with E-state index >= 15 is 0 Å². The van der Waals surface area contributed by atoms with Crippen LogP contribution >= 0.6 is 0 Å². The van der Waals surface area contributed by atoms with Crippen LogP contribution in [0.2, 0.25) is 0 Å². The Bertz CT molecular complexity index is 1950. The molecule has 0 saturated heterocycles. The second-order valence-electron chi connectivity index (χ2n) is 12.3. The molecule has 2 aliphatic rings. The first kappa shape index (κ1) is 34.8. The molecule has 1 amide bonds. The number of carbonyl (C=O) groups excluding carboxylic acids is 1. The molecule has 2 aromatic carbocycles. The SMILES string of the molecule is COC1CC(NCc2cc3c(c(C(F)(F)F)c2)CN(c2cc(-c4cc(C(F)(F)F)ccc4-c4ncn(C)n4)cc(NCCCC#N)n2)C3=O)C1. The minimum Gasteiger partial charge on any atom is -0.381 e. The number of anilines is 2. The fourth-order valence-electron chi connectivity index (χ4n) is 6.10. The molecule has 262 valence electrons. The molecule has 0 bridgehead atoms. The predicted octanol–water partition coefficient (Wildman–Crippen LogP) is 6.72. The molecule has 1 fully saturated rings. The topological polar surface area (TPSA) is 121 Å². The number of unbranched alkanes of at least 4 members (excludes halogenated alkanes) is 1. The van der Waals surface area contributed by atoms with Crippen molar-refractivity contribution < 1.29 is 35.9 Å². The number of amides is 1. The summed E-state index contributed by atoms with van der Waals surface area (Å²) in [4.78, 5) is 23.7. The summed E-state index contributed by atoms with van der Waals surface area (Å²) in [6.07, 6.45) is -5.91. The number of halogens is 6. The number of nitrogens with one attached hydrogen (secondary N) is 2. The van der Waals surface area contributed by atoms with Crippen molar-refractivity contribution in [2.45, 2.75) is 63.3 Å². The number of nitriles is 1. The van der Waals surface area contributed by atoms with Gasteiger partial charge in [-0.3, -0.25) is 14.4 Å². The molecule has 0 atom stereocenters. The highest BCUT2D eigenvalue weighted by molar-refractivity contribution is 6.10. The van der Waals surface area contributed by atoms with E-state index in [1.807, 2.05) is 6.07 Å². The monoisotopic (exact) mass is 698 g/mol. The number of pyridine rings is 1. The van der Waals surface area contributed by atoms with Gasteiger partial charge in [-0.15, -0.1) is 0 Å². The summed E-state index contributed by atoms with van der Waals surface area (Å²) in [7, 11) is 3.20. The lowest BCUT2D eigenvalue weighted by molar-refractivity contribution is -0.138. The Morgan fingerprint density at radius 1 is 1.02 bits per heavy atom. The Morgan fingerprint density at radius 3 is 2.46 bits per heavy atom. The largest absolute Gasteiger partial charge is 0.416 e. The number of fused-ring (bicyclic) bond motifs is 1. The number of rotatable bonds is 11. The van der Waals surface area contributed by atoms with Crippen LogP contribution in [0.1, 0.15) is 58.3 Å². The summed E-state index contributed by atoms with van der Waals surface area (Å²) in [6.45, 7) is -0.0961. The Morgan fingerprint density at radius 2 is 1.80 bits per heavy atom. The lowest BCUT2D eigenvalue weighted by Crippen LogP contribution is -2.44. The van der Waals surface area contributed by atoms with Crippen LogP contribution < -0.4 is 15.5 Å². The van der Waals surface area contributed by atoms with Crippen molar-refractivity contribution in [2.24, 2.45) is 7.05 Å². The van der Waals surface area contributed by atoms with Crippen LogP contribution in [0, 0.1) is 11.3 Å². The average Bonchev–Trinajstić information content (AvgIpc) is 3.63. The van der Waals surface area contributed by atoms with Crippen molar-refractivity contribution in [1.82, 2.24) is 25.1 Å². The summed E-state index contributed by atoms with van der Waals surface area (Å²) in [5, 5.41) is 19.5. The van der Waals surface area contributed by atoms with Crippen LogP contribution in [0.3, 0.4) is 0 Å². The first-order chi connectivity index (χ1) is 23.7. The van der Waals surface area contributed by atoms with Gasteiger partial charge < -0.3 is 15.4 Å². The maximum absolute atomic E-state index is 14.4. The minimum absolute atomic E-state index is 0.0648. The highest BCUT2D eigenvalue weighted by Gasteiger charge is 2.41. The number of methoxy groups -OCH3 is 1. The molecule has 1 aliphatic heterocycles. The first-order valence-corrected chi connectivity index (χ1v) is 15.8. The smallest absolute Gasteiger partial charge is 0.381 e. The highest BCUT2D eigenvalue weighted by atomic mass is 19.4. The number of ether oxygens (including phenoxy) is 1. The summed E-state index contributed by atoms with van der Waals surface area (Å²) in [6, 6.07) is 10.5. The van der Waals surface area contributed by atoms with E-state index in [4.69, 9.17) is 10.00 Å². The van der Waals surface area contributed by atoms with Gasteiger partial charge in [0.15, 0.2) is 5.82 Å². The van der Waals surface area contributed by atoms with E-state index < -0.39 is 35.9 Å². The van der Waals surface area contributed by atoms with Gasteiger partial charge in [0.05, 0.1) is 29.8 Å². The van der Waals surface area contributed by atoms with Crippen molar-refractivity contribution in [2.75, 3.05) is 23.9 Å². The molecule has 16 heteroatoms. The van der Waals surface area contributed by atoms with Crippen molar-refractivity contribution in [3.8, 4) is 28.6 Å². The van der Waals surface area contributed by atoms with Crippen LogP contribution in [0.5, 0.6) is 0 Å². The summed E-state index contributed by atoms with van der Waals surface area (Å²) in [5.74, 6) is -0.520. The van der Waals surface area contributed by atoms with Gasteiger partial charge in [0.1, 0.15) is 18.0 Å². The van der Waals surface area contributed by atoms with E-state index in [9.17, 15) is 31.1 Å². The highest BCUT2D eigenvalue weighted by Crippen LogP contribution is 2.42. The zero-order valence-corrected chi connectivity index (χ0v) is 27.0. The van der Waals surface area contributed by atoms with Gasteiger partial charge in [0, 0.05) is 50.8 Å². The molecule has 0 unspecified atom stereocenters. The molecular weight excluding hydrogens is 666 g/mol. The standard InChI is InChI=1S/C34H32F6N8O2/c1-47-18-44-31(46-47)24-6-5-21(33(35,36)37)13-25(24)20-11-29(42-8-4-3-7-41)45-30(12-20)48-17-27-26(32(48)49)9-19(10-28(27)34(38,39)40)16-43-22-14-23(15-22)50-2/h5-6,9-13,18,22-23,43H,3-4,8,14-17H2,1-2H3,(H,42,45). The van der Waals surface area contributed by atoms with Crippen molar-refractivity contribution >= 4 is 17.5 Å². The molecule has 1 saturated carbocycles. The van der Waals surface area contributed by atoms with Crippen LogP contribution in [0.25, 0.3) is 22.5 Å². The van der Waals surface area contributed by atoms with E-state index in [1.54, 1.807) is 14.2 Å². The Kier molecular flexibility index (Phi) is 9.56. The molecule has 4 aromatic rings. The van der Waals surface area contributed by atoms with Gasteiger partial charge in [0.25, 0.3) is 5.91 Å². The first-order valence-electron chi connectivity index (χ1n) is 15.8. The molecule has 2 aromatic heterocycles. The second kappa shape index (κ2) is 13.7. The normalized spacial score (nSPS) is 17.4. The molecule has 6 rings (SSSR count). The van der Waals surface area contributed by atoms with E-state index in [2.05, 4.69) is 25.7 Å². The Balaban J connectivity index is 1.41. The molecular formula is C34H32F6N8O2. The lowest BCUT2D eigenvalue weighted by Gasteiger charge is -2.34. The molecule has 3 heterocycles. The molecule has 1 aliphatic carbocycles. The van der Waals surface area contributed by atoms with Gasteiger partial charge >= 0.3 is 12.4 Å². The zero-order chi connectivity index (χ0) is 35.8. The zero-order valence-electron chi connectivity index (χ0n) is 27.0. The minimum atomic E-state index is -4.76. The number of alkyl halides is 6. The van der Waals surface area contributed by atoms with Gasteiger partial charge in [0.2, 0.25) is 0 Å². The Hall–Kier alpha value is -5.01. The van der Waals surface area contributed by atoms with Gasteiger partial charge in [-0.05, 0) is 84.0 Å². The van der Waals surface area contributed by atoms with Crippen LogP contribution in [0.4, 0.5) is 38.0 Å². The van der Waals surface area contributed by atoms with Crippen LogP contribution in [-0.2, 0) is 37.2 Å². The molecule has 50 heavy (non-hydrogen) atoms. The summed E-state index contributed by atoms with van der Waals surface area (Å²) < 4.78 is 91.8. The van der Waals surface area contributed by atoms with Gasteiger partial charge in [-0.2, -0.15) is 36.7 Å². The average molecular weight is 699 g/mol. The number of aromatic nitrogens is 4. The van der Waals surface area contributed by atoms with Crippen molar-refractivity contribution in [3.05, 3.63) is 76.6 Å². The van der Waals surface area contributed by atoms with Crippen LogP contribution in [0.15, 0.2) is 48.8 Å². The summed E-state index contributed by atoms with van der Waals surface area (Å²) >= 11 is 0. The maximum atomic E-state index is 14.4. The number of nitrogens with zero attached hydrogens (tertiary/aromatic N) is 6. The Labute approximate surface area is 283 Å². The van der Waals surface area contributed by atoms with E-state index in [-0.39, 0.29) is 82.5 Å². The predicted molar refractivity (Wildman–Crippen MR) is 171 cm³/mol. The third-order valence-electron chi connectivity index (χ3n) is 8.79. The van der Waals surface area contributed by atoms with Crippen LogP contribution in [-0.4, -0.2) is 51.5 Å². The lowest BCUT2D eigenvalue weighted by atomic mass is 9.89. The number of hydrogen-bond donors (Lipinski definition) is 2. The number of carbonyl (C=O) groups is 1. The maximum Gasteiger partial charge on any atom is 0.416 e. The summed E-state index contributed by atoms with van der Waals surface area (Å²) in [5.41, 5.74) is -1.46. The fourth-order valence-corrected chi connectivity index (χ4v) is 6.10. The quantitative estimate of drug-likeness (QED) is 0.131. The second-order valence-corrected chi connectivity index (χ2v) is 12.3. The molecule has 10 nitrogen and oxygen atoms in total. The van der Waals surface area contributed by atoms with Gasteiger partial charge in [-0.1, -0.05) is 0 Å². The van der Waals surface area contributed by atoms with E-state index in [1.165, 1.54) is 35.3 Å². The number of aryl methyl sites for hydroxylation is 1. The third kappa shape index (κ3) is 7.29. The van der Waals surface area contributed by atoms with E-state index in [0.29, 0.717) is 6.42 Å². The van der Waals surface area contributed by atoms with Gasteiger partial charge in [-0.25, -0.2) is 9.97 Å². The number of benzene rings is 2. The molecule has 2 N–H and O–H groups in total. The van der Waals surface area contributed by atoms with E-state index in [0.717, 1.165) is 35.9 Å². The third-order valence-corrected chi connectivity index (χ3v) is 8.79. The molecule has 0 radical (unpaired) electrons. The number of hydrogen-bond acceptors (Lipinski definition) is 8. The van der Waals surface area contributed by atoms with Crippen molar-refractivity contribution in [1.29, 1.82) is 5.26 Å². The van der Waals surface area contributed by atoms with Crippen molar-refractivity contribution in [3.63, 3.8) is 0 Å². The molecule has 0 spiro atoms. The fraction of sp³-hybridized carbons (Fsp3) is 0.382.